The second kappa shape index (κ2) is 5.42. The quantitative estimate of drug-likeness (QED) is 0.443. The van der Waals surface area contributed by atoms with E-state index >= 15 is 0 Å². The van der Waals surface area contributed by atoms with Crippen molar-refractivity contribution in [1.82, 2.24) is 9.88 Å². The van der Waals surface area contributed by atoms with Crippen LogP contribution in [0, 0.1) is 0 Å². The van der Waals surface area contributed by atoms with Gasteiger partial charge in [0.2, 0.25) is 0 Å². The van der Waals surface area contributed by atoms with Crippen LogP contribution in [-0.2, 0) is 0 Å². The highest BCUT2D eigenvalue weighted by Crippen LogP contribution is 2.40. The molecule has 0 radical (unpaired) electrons. The first-order chi connectivity index (χ1) is 10.7. The van der Waals surface area contributed by atoms with Crippen molar-refractivity contribution in [3.8, 4) is 5.69 Å². The largest absolute Gasteiger partial charge is 0.384 e. The van der Waals surface area contributed by atoms with Gasteiger partial charge in [0.15, 0.2) is 0 Å². The minimum Gasteiger partial charge on any atom is -0.384 e. The van der Waals surface area contributed by atoms with Crippen LogP contribution in [0.5, 0.6) is 0 Å². The molecule has 23 heavy (non-hydrogen) atoms. The molecule has 0 bridgehead atoms. The highest BCUT2D eigenvalue weighted by atomic mass is 35.5. The van der Waals surface area contributed by atoms with Crippen molar-refractivity contribution in [3.05, 3.63) is 53.7 Å². The number of aromatic nitrogens is 1. The van der Waals surface area contributed by atoms with Crippen molar-refractivity contribution in [1.29, 1.82) is 0 Å². The third-order valence-electron chi connectivity index (χ3n) is 3.28. The van der Waals surface area contributed by atoms with E-state index in [0.29, 0.717) is 0 Å². The number of nitrogens with one attached hydrogen (secondary N) is 1. The van der Waals surface area contributed by atoms with E-state index in [1.807, 2.05) is 0 Å². The first-order valence-corrected chi connectivity index (χ1v) is 7.49. The van der Waals surface area contributed by atoms with Crippen molar-refractivity contribution in [3.63, 3.8) is 0 Å². The molecule has 1 aromatic carbocycles. The average Bonchev–Trinajstić information content (AvgIpc) is 2.76. The number of carbonyl (C=O) groups is 2. The van der Waals surface area contributed by atoms with Gasteiger partial charge in [-0.25, -0.2) is 0 Å². The van der Waals surface area contributed by atoms with E-state index in [4.69, 9.17) is 52.1 Å². The number of rotatable bonds is 1. The van der Waals surface area contributed by atoms with Crippen LogP contribution >= 0.6 is 46.4 Å². The number of halogens is 4. The summed E-state index contributed by atoms with van der Waals surface area (Å²) in [7, 11) is 0. The second-order valence-corrected chi connectivity index (χ2v) is 6.14. The highest BCUT2D eigenvalue weighted by molar-refractivity contribution is 6.52. The van der Waals surface area contributed by atoms with Crippen LogP contribution in [0.15, 0.2) is 16.9 Å². The van der Waals surface area contributed by atoms with Gasteiger partial charge in [-0.2, -0.15) is 0 Å². The molecule has 0 atom stereocenters. The summed E-state index contributed by atoms with van der Waals surface area (Å²) in [5, 5.41) is 1.98. The van der Waals surface area contributed by atoms with Gasteiger partial charge in [-0.05, 0) is 6.07 Å². The summed E-state index contributed by atoms with van der Waals surface area (Å²) < 4.78 is 0.938. The Kier molecular flexibility index (Phi) is 3.80. The fourth-order valence-electron chi connectivity index (χ4n) is 2.25. The zero-order chi connectivity index (χ0) is 17.0. The average molecular weight is 393 g/mol. The fraction of sp³-hybridized carbons (Fsp3) is 0. The topological polar surface area (TPSA) is 94.2 Å². The maximum atomic E-state index is 12.3. The monoisotopic (exact) mass is 391 g/mol. The van der Waals surface area contributed by atoms with Crippen LogP contribution in [0.25, 0.3) is 5.69 Å². The maximum absolute atomic E-state index is 12.3. The van der Waals surface area contributed by atoms with Gasteiger partial charge in [0.05, 0.1) is 36.9 Å². The third kappa shape index (κ3) is 2.30. The van der Waals surface area contributed by atoms with Crippen molar-refractivity contribution < 1.29 is 9.59 Å². The van der Waals surface area contributed by atoms with Crippen LogP contribution < -0.4 is 16.6 Å². The minimum absolute atomic E-state index is 0.0165. The van der Waals surface area contributed by atoms with E-state index in [0.717, 1.165) is 10.6 Å². The Morgan fingerprint density at radius 3 is 2.22 bits per heavy atom. The summed E-state index contributed by atoms with van der Waals surface area (Å²) in [4.78, 5) is 35.8. The summed E-state index contributed by atoms with van der Waals surface area (Å²) in [5.74, 6) is -1.66. The van der Waals surface area contributed by atoms with Crippen LogP contribution in [-0.4, -0.2) is 16.4 Å². The molecule has 0 unspecified atom stereocenters. The molecule has 118 valence electrons. The van der Waals surface area contributed by atoms with Crippen molar-refractivity contribution >= 4 is 64.0 Å². The molecule has 3 rings (SSSR count). The van der Waals surface area contributed by atoms with Crippen molar-refractivity contribution in [2.45, 2.75) is 0 Å². The molecular formula is C13H5Cl4N3O3. The molecule has 2 aromatic rings. The van der Waals surface area contributed by atoms with Gasteiger partial charge in [-0.15, -0.1) is 0 Å². The van der Waals surface area contributed by atoms with Gasteiger partial charge in [0, 0.05) is 6.07 Å². The lowest BCUT2D eigenvalue weighted by atomic mass is 10.1. The van der Waals surface area contributed by atoms with E-state index < -0.39 is 17.4 Å². The SMILES string of the molecule is Nc1c2c(cc(=O)n1-c1cc(Cl)c(Cl)c(Cl)c1Cl)C(=O)NC2=O. The molecule has 0 aliphatic carbocycles. The minimum atomic E-state index is -0.710. The number of anilines is 1. The molecule has 2 amide bonds. The Labute approximate surface area is 148 Å². The Hall–Kier alpha value is -1.73. The summed E-state index contributed by atoms with van der Waals surface area (Å²) >= 11 is 23.9. The van der Waals surface area contributed by atoms with Gasteiger partial charge in [0.25, 0.3) is 17.4 Å². The lowest BCUT2D eigenvalue weighted by Gasteiger charge is -2.15. The number of nitrogens with two attached hydrogens (primary N) is 1. The lowest BCUT2D eigenvalue weighted by molar-refractivity contribution is 0.0880. The van der Waals surface area contributed by atoms with Crippen LogP contribution in [0.3, 0.4) is 0 Å². The van der Waals surface area contributed by atoms with Gasteiger partial charge in [-0.3, -0.25) is 24.3 Å². The van der Waals surface area contributed by atoms with E-state index in [1.54, 1.807) is 0 Å². The Morgan fingerprint density at radius 2 is 1.57 bits per heavy atom. The zero-order valence-electron chi connectivity index (χ0n) is 10.9. The number of nitrogens with zero attached hydrogens (tertiary/aromatic N) is 1. The molecule has 0 saturated heterocycles. The molecule has 1 aliphatic heterocycles. The molecule has 1 aromatic heterocycles. The van der Waals surface area contributed by atoms with Gasteiger partial charge < -0.3 is 5.73 Å². The Morgan fingerprint density at radius 1 is 0.913 bits per heavy atom. The van der Waals surface area contributed by atoms with Crippen LogP contribution in [0.2, 0.25) is 20.1 Å². The number of hydrogen-bond donors (Lipinski definition) is 2. The van der Waals surface area contributed by atoms with E-state index in [9.17, 15) is 14.4 Å². The molecule has 10 heteroatoms. The fourth-order valence-corrected chi connectivity index (χ4v) is 3.13. The summed E-state index contributed by atoms with van der Waals surface area (Å²) in [5.41, 5.74) is 5.05. The molecule has 6 nitrogen and oxygen atoms in total. The lowest BCUT2D eigenvalue weighted by Crippen LogP contribution is -2.24. The van der Waals surface area contributed by atoms with E-state index in [2.05, 4.69) is 5.32 Å². The number of benzene rings is 1. The number of hydrogen-bond acceptors (Lipinski definition) is 4. The molecule has 0 spiro atoms. The molecule has 3 N–H and O–H groups in total. The van der Waals surface area contributed by atoms with Gasteiger partial charge >= 0.3 is 0 Å². The number of amides is 2. The first-order valence-electron chi connectivity index (χ1n) is 5.98. The van der Waals surface area contributed by atoms with E-state index in [1.165, 1.54) is 6.07 Å². The van der Waals surface area contributed by atoms with Crippen LogP contribution in [0.1, 0.15) is 20.7 Å². The smallest absolute Gasteiger partial charge is 0.262 e. The number of imide groups is 1. The first kappa shape index (κ1) is 16.1. The predicted molar refractivity (Wildman–Crippen MR) is 88.3 cm³/mol. The highest BCUT2D eigenvalue weighted by Gasteiger charge is 2.32. The van der Waals surface area contributed by atoms with E-state index in [-0.39, 0.29) is 42.7 Å². The summed E-state index contributed by atoms with van der Waals surface area (Å²) in [6.07, 6.45) is 0. The Bertz CT molecular complexity index is 968. The Balaban J connectivity index is 2.41. The molecule has 0 fully saturated rings. The summed E-state index contributed by atoms with van der Waals surface area (Å²) in [6.45, 7) is 0. The van der Waals surface area contributed by atoms with Crippen molar-refractivity contribution in [2.24, 2.45) is 0 Å². The maximum Gasteiger partial charge on any atom is 0.262 e. The van der Waals surface area contributed by atoms with Crippen LogP contribution in [0.4, 0.5) is 5.82 Å². The standard InChI is InChI=1S/C13H5Cl4N3O3/c14-4-2-5(9(16)10(17)8(4)15)20-6(21)1-3-7(11(20)18)13(23)19-12(3)22/h1-2H,18H2,(H,19,22,23). The second-order valence-electron chi connectivity index (χ2n) is 4.59. The van der Waals surface area contributed by atoms with Gasteiger partial charge in [0.1, 0.15) is 5.82 Å². The molecule has 0 saturated carbocycles. The molecular weight excluding hydrogens is 388 g/mol. The zero-order valence-corrected chi connectivity index (χ0v) is 13.9. The number of pyridine rings is 1. The van der Waals surface area contributed by atoms with Crippen molar-refractivity contribution in [2.75, 3.05) is 5.73 Å². The number of fused-ring (bicyclic) bond motifs is 1. The van der Waals surface area contributed by atoms with Gasteiger partial charge in [-0.1, -0.05) is 46.4 Å². The summed E-state index contributed by atoms with van der Waals surface area (Å²) in [6, 6.07) is 2.27. The normalized spacial score (nSPS) is 13.2. The third-order valence-corrected chi connectivity index (χ3v) is 5.02. The molecule has 1 aliphatic rings. The predicted octanol–water partition coefficient (Wildman–Crippen LogP) is 2.92. The molecule has 2 heterocycles. The number of carbonyl (C=O) groups excluding carboxylic acids is 2. The number of nitrogen functional groups attached to an aromatic ring is 1.